The van der Waals surface area contributed by atoms with E-state index in [0.717, 1.165) is 35.9 Å². The van der Waals surface area contributed by atoms with E-state index in [-0.39, 0.29) is 55.8 Å². The maximum absolute atomic E-state index is 4.61. The predicted molar refractivity (Wildman–Crippen MR) is 74.5 cm³/mol. The minimum atomic E-state index is 0. The van der Waals surface area contributed by atoms with Crippen LogP contribution in [0.25, 0.3) is 0 Å². The van der Waals surface area contributed by atoms with Crippen molar-refractivity contribution in [2.75, 3.05) is 13.1 Å². The molecule has 0 fully saturated rings. The molecule has 118 valence electrons. The fourth-order valence-corrected chi connectivity index (χ4v) is 1.67. The predicted octanol–water partition coefficient (Wildman–Crippen LogP) is -5.94. The molecule has 1 aromatic heterocycles. The third-order valence-corrected chi connectivity index (χ3v) is 2.50. The van der Waals surface area contributed by atoms with Gasteiger partial charge >= 0.3 is 18.6 Å². The minimum absolute atomic E-state index is 0. The van der Waals surface area contributed by atoms with Crippen molar-refractivity contribution in [2.45, 2.75) is 34.6 Å². The van der Waals surface area contributed by atoms with E-state index >= 15 is 0 Å². The van der Waals surface area contributed by atoms with Gasteiger partial charge in [-0.3, -0.25) is 9.98 Å². The number of hydrogen-bond donors (Lipinski definition) is 0. The molecule has 0 saturated heterocycles. The maximum atomic E-state index is 4.61. The first-order chi connectivity index (χ1) is 8.08. The number of aryl methyl sites for hydroxylation is 1. The van der Waals surface area contributed by atoms with Gasteiger partial charge in [-0.2, -0.15) is 0 Å². The van der Waals surface area contributed by atoms with Crippen molar-refractivity contribution in [3.05, 3.63) is 29.1 Å². The summed E-state index contributed by atoms with van der Waals surface area (Å²) in [6.07, 6.45) is 0. The van der Waals surface area contributed by atoms with E-state index < -0.39 is 0 Å². The summed E-state index contributed by atoms with van der Waals surface area (Å²) in [5.74, 6) is 0. The van der Waals surface area contributed by atoms with Crippen LogP contribution in [0.15, 0.2) is 22.1 Å². The summed E-state index contributed by atoms with van der Waals surface area (Å²) in [4.78, 5) is 13.4. The molecule has 0 aliphatic heterocycles. The van der Waals surface area contributed by atoms with Gasteiger partial charge in [0.1, 0.15) is 0 Å². The molecule has 0 amide bonds. The van der Waals surface area contributed by atoms with Crippen molar-refractivity contribution >= 4 is 11.4 Å². The van der Waals surface area contributed by atoms with Crippen LogP contribution in [-0.2, 0) is 18.6 Å². The first-order valence-electron chi connectivity index (χ1n) is 6.10. The summed E-state index contributed by atoms with van der Waals surface area (Å²) >= 11 is 0. The zero-order valence-electron chi connectivity index (χ0n) is 13.0. The molecule has 0 spiro atoms. The number of nitrogens with zero attached hydrogens (tertiary/aromatic N) is 3. The Hall–Kier alpha value is -0.0556. The molecular weight excluding hydrogens is 367 g/mol. The van der Waals surface area contributed by atoms with Gasteiger partial charge in [0, 0.05) is 13.1 Å². The molecule has 3 nitrogen and oxygen atoms in total. The summed E-state index contributed by atoms with van der Waals surface area (Å²) in [5, 5.41) is 0. The van der Waals surface area contributed by atoms with E-state index in [4.69, 9.17) is 0 Å². The van der Waals surface area contributed by atoms with E-state index in [1.54, 1.807) is 0 Å². The smallest absolute Gasteiger partial charge is 1.00 e. The molecule has 0 radical (unpaired) electrons. The molecular formula is C14H21Cl3N3V. The van der Waals surface area contributed by atoms with E-state index in [0.29, 0.717) is 0 Å². The van der Waals surface area contributed by atoms with Crippen molar-refractivity contribution in [2.24, 2.45) is 9.98 Å². The second-order valence-corrected chi connectivity index (χ2v) is 4.03. The molecule has 0 aliphatic rings. The van der Waals surface area contributed by atoms with Crippen LogP contribution >= 0.6 is 0 Å². The number of aliphatic imine (C=N–C) groups is 2. The van der Waals surface area contributed by atoms with Crippen LogP contribution in [0.1, 0.15) is 44.6 Å². The molecule has 1 heterocycles. The number of halogens is 3. The molecule has 0 unspecified atom stereocenters. The Morgan fingerprint density at radius 3 is 1.52 bits per heavy atom. The third kappa shape index (κ3) is 9.54. The summed E-state index contributed by atoms with van der Waals surface area (Å²) in [5.41, 5.74) is 5.07. The Kier molecular flexibility index (Phi) is 20.5. The first-order valence-corrected chi connectivity index (χ1v) is 6.10. The Morgan fingerprint density at radius 1 is 0.905 bits per heavy atom. The van der Waals surface area contributed by atoms with E-state index in [1.165, 1.54) is 5.56 Å². The topological polar surface area (TPSA) is 37.6 Å². The first kappa shape index (κ1) is 29.0. The van der Waals surface area contributed by atoms with Crippen LogP contribution in [0.4, 0.5) is 0 Å². The second kappa shape index (κ2) is 14.9. The van der Waals surface area contributed by atoms with E-state index in [9.17, 15) is 0 Å². The Balaban J connectivity index is -0.000000361. The molecule has 7 heteroatoms. The summed E-state index contributed by atoms with van der Waals surface area (Å²) in [6, 6.07) is 4.13. The zero-order chi connectivity index (χ0) is 12.8. The van der Waals surface area contributed by atoms with Crippen LogP contribution in [0, 0.1) is 6.92 Å². The quantitative estimate of drug-likeness (QED) is 0.474. The third-order valence-electron chi connectivity index (χ3n) is 2.50. The molecule has 21 heavy (non-hydrogen) atoms. The largest absolute Gasteiger partial charge is 3.00 e. The van der Waals surface area contributed by atoms with Crippen molar-refractivity contribution in [1.29, 1.82) is 0 Å². The van der Waals surface area contributed by atoms with Gasteiger partial charge in [0.25, 0.3) is 0 Å². The van der Waals surface area contributed by atoms with Gasteiger partial charge in [0.05, 0.1) is 22.8 Å². The minimum Gasteiger partial charge on any atom is -1.00 e. The molecule has 1 aromatic rings. The van der Waals surface area contributed by atoms with Crippen LogP contribution in [-0.4, -0.2) is 29.5 Å². The molecule has 0 aromatic carbocycles. The average Bonchev–Trinajstić information content (AvgIpc) is 2.29. The van der Waals surface area contributed by atoms with Crippen molar-refractivity contribution in [1.82, 2.24) is 4.98 Å². The Bertz CT molecular complexity index is 425. The van der Waals surface area contributed by atoms with Crippen LogP contribution in [0.5, 0.6) is 0 Å². The Labute approximate surface area is 158 Å². The summed E-state index contributed by atoms with van der Waals surface area (Å²) in [7, 11) is 0. The molecule has 0 bridgehead atoms. The van der Waals surface area contributed by atoms with Gasteiger partial charge in [-0.1, -0.05) is 0 Å². The van der Waals surface area contributed by atoms with Gasteiger partial charge in [-0.15, -0.1) is 0 Å². The van der Waals surface area contributed by atoms with Crippen LogP contribution in [0.2, 0.25) is 0 Å². The fourth-order valence-electron chi connectivity index (χ4n) is 1.67. The summed E-state index contributed by atoms with van der Waals surface area (Å²) < 4.78 is 0. The maximum Gasteiger partial charge on any atom is 3.00 e. The van der Waals surface area contributed by atoms with Gasteiger partial charge in [-0.05, 0) is 52.3 Å². The number of aromatic nitrogens is 1. The number of hydrogen-bond acceptors (Lipinski definition) is 3. The van der Waals surface area contributed by atoms with Crippen molar-refractivity contribution < 1.29 is 55.8 Å². The number of rotatable bonds is 4. The SMILES string of the molecule is CCN=C(C)c1cc(C)cc(C(C)=NCC)n1.[Cl-].[Cl-].[Cl-].[V+3]. The van der Waals surface area contributed by atoms with Gasteiger partial charge in [0.15, 0.2) is 0 Å². The molecule has 0 N–H and O–H groups in total. The fraction of sp³-hybridized carbons (Fsp3) is 0.500. The number of pyridine rings is 1. The van der Waals surface area contributed by atoms with E-state index in [2.05, 4.69) is 34.0 Å². The van der Waals surface area contributed by atoms with Gasteiger partial charge in [-0.25, -0.2) is 4.98 Å². The van der Waals surface area contributed by atoms with Crippen molar-refractivity contribution in [3.63, 3.8) is 0 Å². The molecule has 0 saturated carbocycles. The van der Waals surface area contributed by atoms with Crippen LogP contribution in [0.3, 0.4) is 0 Å². The molecule has 0 atom stereocenters. The summed E-state index contributed by atoms with van der Waals surface area (Å²) in [6.45, 7) is 11.7. The average molecular weight is 389 g/mol. The van der Waals surface area contributed by atoms with Gasteiger partial charge < -0.3 is 37.2 Å². The zero-order valence-corrected chi connectivity index (χ0v) is 16.7. The molecule has 0 aliphatic carbocycles. The van der Waals surface area contributed by atoms with E-state index in [1.807, 2.05) is 27.7 Å². The molecule has 1 rings (SSSR count). The normalized spacial score (nSPS) is 10.5. The second-order valence-electron chi connectivity index (χ2n) is 4.03. The van der Waals surface area contributed by atoms with Crippen molar-refractivity contribution in [3.8, 4) is 0 Å². The van der Waals surface area contributed by atoms with Crippen LogP contribution < -0.4 is 37.2 Å². The van der Waals surface area contributed by atoms with Gasteiger partial charge in [0.2, 0.25) is 0 Å². The standard InChI is InChI=1S/C14H21N3.3ClH.V/c1-6-15-11(4)13-8-10(3)9-14(17-13)12(5)16-7-2;;;;/h8-9H,6-7H2,1-5H3;3*1H;/q;;;;+3/p-3. The Morgan fingerprint density at radius 2 is 1.24 bits per heavy atom. The monoisotopic (exact) mass is 387 g/mol.